The highest BCUT2D eigenvalue weighted by atomic mass is 16.5. The number of hydrogen-bond acceptors (Lipinski definition) is 6. The first-order valence-corrected chi connectivity index (χ1v) is 11.2. The van der Waals surface area contributed by atoms with Gasteiger partial charge in [-0.05, 0) is 61.6 Å². The molecular weight excluding hydrogens is 434 g/mol. The summed E-state index contributed by atoms with van der Waals surface area (Å²) < 4.78 is 6.13. The smallest absolute Gasteiger partial charge is 0.319 e. The predicted octanol–water partition coefficient (Wildman–Crippen LogP) is 3.85. The molecule has 3 amide bonds. The number of hydrogen-bond donors (Lipinski definition) is 4. The maximum atomic E-state index is 12.6. The minimum atomic E-state index is -0.337. The zero-order chi connectivity index (χ0) is 23.4. The molecular formula is C25H23N5O4. The highest BCUT2D eigenvalue weighted by Crippen LogP contribution is 2.77. The van der Waals surface area contributed by atoms with Crippen LogP contribution in [0.25, 0.3) is 0 Å². The number of pyridine rings is 2. The van der Waals surface area contributed by atoms with Crippen LogP contribution in [0.2, 0.25) is 0 Å². The van der Waals surface area contributed by atoms with Gasteiger partial charge in [0.15, 0.2) is 0 Å². The number of benzene rings is 1. The first-order chi connectivity index (χ1) is 16.4. The first-order valence-electron chi connectivity index (χ1n) is 11.2. The van der Waals surface area contributed by atoms with Crippen molar-refractivity contribution in [1.29, 1.82) is 0 Å². The molecule has 0 spiro atoms. The number of urea groups is 1. The van der Waals surface area contributed by atoms with E-state index in [2.05, 4.69) is 25.9 Å². The summed E-state index contributed by atoms with van der Waals surface area (Å²) in [6, 6.07) is 8.48. The molecule has 2 aliphatic carbocycles. The fourth-order valence-electron chi connectivity index (χ4n) is 4.91. The van der Waals surface area contributed by atoms with E-state index in [-0.39, 0.29) is 29.1 Å². The van der Waals surface area contributed by atoms with Crippen molar-refractivity contribution in [2.75, 3.05) is 10.6 Å². The van der Waals surface area contributed by atoms with Gasteiger partial charge in [0.2, 0.25) is 5.91 Å². The topological polar surface area (TPSA) is 125 Å². The highest BCUT2D eigenvalue weighted by Gasteiger charge is 2.80. The molecule has 9 heteroatoms. The van der Waals surface area contributed by atoms with E-state index in [9.17, 15) is 14.7 Å². The Morgan fingerprint density at radius 2 is 2.12 bits per heavy atom. The van der Waals surface area contributed by atoms with E-state index in [1.807, 2.05) is 19.1 Å². The number of carbonyl (C=O) groups excluding carboxylic acids is 2. The molecule has 1 aromatic carbocycles. The van der Waals surface area contributed by atoms with E-state index in [0.717, 1.165) is 23.1 Å². The third kappa shape index (κ3) is 3.40. The van der Waals surface area contributed by atoms with Crippen LogP contribution in [0.1, 0.15) is 35.4 Å². The molecule has 3 aliphatic rings. The molecule has 3 heterocycles. The highest BCUT2D eigenvalue weighted by molar-refractivity contribution is 5.93. The van der Waals surface area contributed by atoms with Crippen molar-refractivity contribution < 1.29 is 19.4 Å². The van der Waals surface area contributed by atoms with E-state index < -0.39 is 0 Å². The van der Waals surface area contributed by atoms with Crippen LogP contribution in [0.5, 0.6) is 17.2 Å². The third-order valence-corrected chi connectivity index (χ3v) is 6.98. The lowest BCUT2D eigenvalue weighted by atomic mass is 9.99. The maximum Gasteiger partial charge on any atom is 0.319 e. The van der Waals surface area contributed by atoms with Crippen molar-refractivity contribution in [3.63, 3.8) is 0 Å². The number of ether oxygens (including phenoxy) is 1. The lowest BCUT2D eigenvalue weighted by Crippen LogP contribution is -2.36. The van der Waals surface area contributed by atoms with Gasteiger partial charge < -0.3 is 25.8 Å². The molecule has 3 atom stereocenters. The summed E-state index contributed by atoms with van der Waals surface area (Å²) in [5, 5.41) is 19.3. The number of fused-ring (bicyclic) bond motifs is 2. The molecule has 172 valence electrons. The quantitative estimate of drug-likeness (QED) is 0.461. The van der Waals surface area contributed by atoms with Gasteiger partial charge in [-0.15, -0.1) is 0 Å². The van der Waals surface area contributed by atoms with Gasteiger partial charge in [0, 0.05) is 35.9 Å². The lowest BCUT2D eigenvalue weighted by Gasteiger charge is -2.20. The number of aryl methyl sites for hydroxylation is 1. The van der Waals surface area contributed by atoms with Crippen LogP contribution in [-0.2, 0) is 11.2 Å². The minimum Gasteiger partial charge on any atom is -0.508 e. The van der Waals surface area contributed by atoms with Crippen molar-refractivity contribution in [1.82, 2.24) is 15.3 Å². The summed E-state index contributed by atoms with van der Waals surface area (Å²) >= 11 is 0. The Hall–Kier alpha value is -4.14. The second-order valence-electron chi connectivity index (χ2n) is 9.11. The summed E-state index contributed by atoms with van der Waals surface area (Å²) in [5.74, 6) is 2.17. The van der Waals surface area contributed by atoms with Crippen LogP contribution in [-0.4, -0.2) is 32.6 Å². The standard InChI is InChI=1S/C25H23N5O4/c1-13-6-8-26-12-18(13)28-24(33)30-25-11-17(25)22(25)16-10-14(2-4-19(16)31)34-20-7-9-27-23-15(20)3-5-21(32)29-23/h2,4,6-10,12,17,22,31H,3,5,11H2,1H3,(H,27,29,32)(H2,28,30,33)/t17-,22+,25-/m0/s1. The van der Waals surface area contributed by atoms with Crippen molar-refractivity contribution in [2.24, 2.45) is 5.92 Å². The number of rotatable bonds is 5. The summed E-state index contributed by atoms with van der Waals surface area (Å²) in [6.45, 7) is 1.91. The van der Waals surface area contributed by atoms with Crippen molar-refractivity contribution in [2.45, 2.75) is 37.6 Å². The van der Waals surface area contributed by atoms with Crippen molar-refractivity contribution in [3.05, 3.63) is 65.6 Å². The number of amides is 3. The number of anilines is 2. The summed E-state index contributed by atoms with van der Waals surface area (Å²) in [4.78, 5) is 32.5. The molecule has 3 aromatic rings. The zero-order valence-electron chi connectivity index (χ0n) is 18.5. The maximum absolute atomic E-state index is 12.6. The summed E-state index contributed by atoms with van der Waals surface area (Å²) in [7, 11) is 0. The van der Waals surface area contributed by atoms with Crippen molar-refractivity contribution >= 4 is 23.4 Å². The average Bonchev–Trinajstić information content (AvgIpc) is 3.67. The largest absolute Gasteiger partial charge is 0.508 e. The van der Waals surface area contributed by atoms with Gasteiger partial charge >= 0.3 is 6.03 Å². The molecule has 0 saturated heterocycles. The molecule has 2 saturated carbocycles. The number of aromatic nitrogens is 2. The van der Waals surface area contributed by atoms with Gasteiger partial charge in [-0.2, -0.15) is 0 Å². The second-order valence-corrected chi connectivity index (χ2v) is 9.11. The number of carbonyl (C=O) groups is 2. The average molecular weight is 457 g/mol. The number of phenols is 1. The first kappa shape index (κ1) is 20.5. The number of nitrogens with one attached hydrogen (secondary N) is 3. The molecule has 2 fully saturated rings. The predicted molar refractivity (Wildman–Crippen MR) is 124 cm³/mol. The minimum absolute atomic E-state index is 0.0300. The molecule has 34 heavy (non-hydrogen) atoms. The number of phenolic OH excluding ortho intramolecular Hbond substituents is 1. The summed E-state index contributed by atoms with van der Waals surface area (Å²) in [5.41, 5.74) is 2.87. The second kappa shape index (κ2) is 7.44. The van der Waals surface area contributed by atoms with Crippen molar-refractivity contribution in [3.8, 4) is 17.2 Å². The molecule has 6 rings (SSSR count). The molecule has 0 bridgehead atoms. The van der Waals surface area contributed by atoms with E-state index in [1.165, 1.54) is 0 Å². The fraction of sp³-hybridized carbons (Fsp3) is 0.280. The van der Waals surface area contributed by atoms with Gasteiger partial charge in [-0.3, -0.25) is 9.78 Å². The molecule has 4 N–H and O–H groups in total. The SMILES string of the molecule is Cc1ccncc1NC(=O)N[C@@]12C[C@H]1[C@H]2c1cc(Oc2ccnc3c2CCC(=O)N3)ccc1O. The molecule has 9 nitrogen and oxygen atoms in total. The van der Waals surface area contributed by atoms with Gasteiger partial charge in [0.05, 0.1) is 17.4 Å². The van der Waals surface area contributed by atoms with E-state index in [1.54, 1.807) is 36.8 Å². The van der Waals surface area contributed by atoms with E-state index in [0.29, 0.717) is 41.8 Å². The fourth-order valence-corrected chi connectivity index (χ4v) is 4.91. The number of nitrogens with zero attached hydrogens (tertiary/aromatic N) is 2. The van der Waals surface area contributed by atoms with E-state index in [4.69, 9.17) is 4.74 Å². The van der Waals surface area contributed by atoms with Gasteiger partial charge in [0.25, 0.3) is 0 Å². The zero-order valence-corrected chi connectivity index (χ0v) is 18.5. The van der Waals surface area contributed by atoms with Crippen LogP contribution in [0.15, 0.2) is 48.9 Å². The van der Waals surface area contributed by atoms with Crippen LogP contribution in [0, 0.1) is 12.8 Å². The Bertz CT molecular complexity index is 1340. The third-order valence-electron chi connectivity index (χ3n) is 6.98. The monoisotopic (exact) mass is 457 g/mol. The van der Waals surface area contributed by atoms with Gasteiger partial charge in [0.1, 0.15) is 23.1 Å². The van der Waals surface area contributed by atoms with Crippen LogP contribution >= 0.6 is 0 Å². The van der Waals surface area contributed by atoms with E-state index >= 15 is 0 Å². The Kier molecular flexibility index (Phi) is 4.48. The lowest BCUT2D eigenvalue weighted by molar-refractivity contribution is -0.116. The Balaban J connectivity index is 1.18. The molecule has 2 aromatic heterocycles. The van der Waals surface area contributed by atoms with Crippen LogP contribution in [0.3, 0.4) is 0 Å². The number of aromatic hydroxyl groups is 1. The molecule has 1 aliphatic heterocycles. The summed E-state index contributed by atoms with van der Waals surface area (Å²) in [6.07, 6.45) is 6.71. The normalized spacial score (nSPS) is 23.7. The van der Waals surface area contributed by atoms with Gasteiger partial charge in [-0.25, -0.2) is 9.78 Å². The van der Waals surface area contributed by atoms with Crippen LogP contribution < -0.4 is 20.7 Å². The Morgan fingerprint density at radius 1 is 1.24 bits per heavy atom. The Labute approximate surface area is 195 Å². The van der Waals surface area contributed by atoms with Gasteiger partial charge in [-0.1, -0.05) is 0 Å². The molecule has 0 unspecified atom stereocenters. The molecule has 0 radical (unpaired) electrons. The van der Waals surface area contributed by atoms with Crippen LogP contribution in [0.4, 0.5) is 16.3 Å². The Morgan fingerprint density at radius 3 is 2.94 bits per heavy atom.